The molecule has 0 bridgehead atoms. The van der Waals surface area contributed by atoms with E-state index in [1.165, 1.54) is 0 Å². The average molecular weight is 389 g/mol. The summed E-state index contributed by atoms with van der Waals surface area (Å²) in [5, 5.41) is 8.00. The third-order valence-electron chi connectivity index (χ3n) is 3.48. The van der Waals surface area contributed by atoms with Crippen LogP contribution in [0.3, 0.4) is 0 Å². The van der Waals surface area contributed by atoms with Crippen molar-refractivity contribution < 1.29 is 14.4 Å². The van der Waals surface area contributed by atoms with Crippen LogP contribution in [0.1, 0.15) is 20.8 Å². The number of anilines is 1. The fraction of sp³-hybridized carbons (Fsp3) is 0.438. The van der Waals surface area contributed by atoms with Gasteiger partial charge in [-0.3, -0.25) is 19.8 Å². The molecule has 0 aliphatic heterocycles. The largest absolute Gasteiger partial charge is 0.338 e. The summed E-state index contributed by atoms with van der Waals surface area (Å²) in [4.78, 5) is 37.4. The highest BCUT2D eigenvalue weighted by atomic mass is 35.5. The minimum absolute atomic E-state index is 0.0535. The number of amides is 4. The van der Waals surface area contributed by atoms with E-state index < -0.39 is 18.0 Å². The molecule has 0 radical (unpaired) electrons. The van der Waals surface area contributed by atoms with Gasteiger partial charge in [0.2, 0.25) is 11.8 Å². The second-order valence-corrected chi connectivity index (χ2v) is 6.05. The van der Waals surface area contributed by atoms with Gasteiger partial charge >= 0.3 is 6.03 Å². The van der Waals surface area contributed by atoms with Crippen LogP contribution in [0.4, 0.5) is 10.5 Å². The Balaban J connectivity index is 2.69. The van der Waals surface area contributed by atoms with Crippen molar-refractivity contribution in [2.24, 2.45) is 0 Å². The van der Waals surface area contributed by atoms with Crippen molar-refractivity contribution in [3.8, 4) is 0 Å². The molecule has 1 unspecified atom stereocenters. The number of nitrogens with zero attached hydrogens (tertiary/aromatic N) is 1. The Hall–Kier alpha value is -1.83. The molecule has 1 aromatic carbocycles. The van der Waals surface area contributed by atoms with E-state index in [2.05, 4.69) is 16.0 Å². The van der Waals surface area contributed by atoms with Gasteiger partial charge in [-0.05, 0) is 32.5 Å². The molecule has 0 aliphatic rings. The molecular weight excluding hydrogens is 367 g/mol. The average Bonchev–Trinajstić information content (AvgIpc) is 2.55. The maximum atomic E-state index is 12.3. The maximum absolute atomic E-state index is 12.3. The standard InChI is InChI=1S/C16H22Cl2N4O3/c1-4-19-16(25)21-15(24)10(3)22(5-2)9-13(23)20-14-11(17)7-6-8-12(14)18/h6-8,10H,4-5,9H2,1-3H3,(H,20,23)(H2,19,21,24,25). The number of rotatable bonds is 7. The van der Waals surface area contributed by atoms with Crippen molar-refractivity contribution in [2.75, 3.05) is 25.0 Å². The van der Waals surface area contributed by atoms with Crippen LogP contribution in [0, 0.1) is 0 Å². The van der Waals surface area contributed by atoms with Gasteiger partial charge in [-0.25, -0.2) is 4.79 Å². The molecule has 0 saturated heterocycles. The SMILES string of the molecule is CCNC(=O)NC(=O)C(C)N(CC)CC(=O)Nc1c(Cl)cccc1Cl. The van der Waals surface area contributed by atoms with E-state index in [9.17, 15) is 14.4 Å². The number of urea groups is 1. The maximum Gasteiger partial charge on any atom is 0.321 e. The zero-order valence-corrected chi connectivity index (χ0v) is 15.9. The summed E-state index contributed by atoms with van der Waals surface area (Å²) < 4.78 is 0. The monoisotopic (exact) mass is 388 g/mol. The zero-order valence-electron chi connectivity index (χ0n) is 14.4. The molecule has 0 aliphatic carbocycles. The number of imide groups is 1. The molecule has 7 nitrogen and oxygen atoms in total. The van der Waals surface area contributed by atoms with Gasteiger partial charge in [0.15, 0.2) is 0 Å². The van der Waals surface area contributed by atoms with Gasteiger partial charge in [0.25, 0.3) is 0 Å². The fourth-order valence-electron chi connectivity index (χ4n) is 2.09. The Morgan fingerprint density at radius 3 is 2.28 bits per heavy atom. The van der Waals surface area contributed by atoms with Crippen molar-refractivity contribution in [3.63, 3.8) is 0 Å². The molecule has 1 aromatic rings. The number of halogens is 2. The van der Waals surface area contributed by atoms with Crippen LogP contribution in [0.5, 0.6) is 0 Å². The molecule has 3 N–H and O–H groups in total. The fourth-order valence-corrected chi connectivity index (χ4v) is 2.58. The summed E-state index contributed by atoms with van der Waals surface area (Å²) in [6.45, 7) is 5.97. The third-order valence-corrected chi connectivity index (χ3v) is 4.11. The number of hydrogen-bond donors (Lipinski definition) is 3. The molecule has 9 heteroatoms. The highest BCUT2D eigenvalue weighted by molar-refractivity contribution is 6.39. The summed E-state index contributed by atoms with van der Waals surface area (Å²) in [7, 11) is 0. The number of hydrogen-bond acceptors (Lipinski definition) is 4. The minimum Gasteiger partial charge on any atom is -0.338 e. The second-order valence-electron chi connectivity index (χ2n) is 5.23. The lowest BCUT2D eigenvalue weighted by molar-refractivity contribution is -0.126. The first-order valence-electron chi connectivity index (χ1n) is 7.86. The predicted octanol–water partition coefficient (Wildman–Crippen LogP) is 2.49. The molecule has 25 heavy (non-hydrogen) atoms. The van der Waals surface area contributed by atoms with Crippen molar-refractivity contribution in [2.45, 2.75) is 26.8 Å². The van der Waals surface area contributed by atoms with Crippen LogP contribution < -0.4 is 16.0 Å². The Labute approximate surface area is 157 Å². The van der Waals surface area contributed by atoms with Crippen LogP contribution in [-0.4, -0.2) is 48.4 Å². The molecule has 0 aromatic heterocycles. The number of carbonyl (C=O) groups is 3. The smallest absolute Gasteiger partial charge is 0.321 e. The second kappa shape index (κ2) is 10.2. The number of para-hydroxylation sites is 1. The van der Waals surface area contributed by atoms with Crippen LogP contribution in [-0.2, 0) is 9.59 Å². The van der Waals surface area contributed by atoms with Gasteiger partial charge in [-0.15, -0.1) is 0 Å². The number of carbonyl (C=O) groups excluding carboxylic acids is 3. The topological polar surface area (TPSA) is 90.5 Å². The Bertz CT molecular complexity index is 620. The van der Waals surface area contributed by atoms with E-state index in [-0.39, 0.29) is 12.5 Å². The highest BCUT2D eigenvalue weighted by Crippen LogP contribution is 2.29. The van der Waals surface area contributed by atoms with Crippen LogP contribution in [0.25, 0.3) is 0 Å². The predicted molar refractivity (Wildman–Crippen MR) is 99.0 cm³/mol. The van der Waals surface area contributed by atoms with E-state index in [1.807, 2.05) is 6.92 Å². The summed E-state index contributed by atoms with van der Waals surface area (Å²) in [6.07, 6.45) is 0. The van der Waals surface area contributed by atoms with Crippen LogP contribution in [0.15, 0.2) is 18.2 Å². The van der Waals surface area contributed by atoms with Gasteiger partial charge in [0.1, 0.15) is 0 Å². The van der Waals surface area contributed by atoms with Gasteiger partial charge in [0, 0.05) is 6.54 Å². The summed E-state index contributed by atoms with van der Waals surface area (Å²) in [5.74, 6) is -0.856. The number of likely N-dealkylation sites (N-methyl/N-ethyl adjacent to an activating group) is 1. The van der Waals surface area contributed by atoms with Crippen molar-refractivity contribution in [1.82, 2.24) is 15.5 Å². The van der Waals surface area contributed by atoms with Crippen molar-refractivity contribution in [3.05, 3.63) is 28.2 Å². The Morgan fingerprint density at radius 1 is 1.16 bits per heavy atom. The first-order valence-corrected chi connectivity index (χ1v) is 8.62. The lowest BCUT2D eigenvalue weighted by Gasteiger charge is -2.26. The Kier molecular flexibility index (Phi) is 8.68. The highest BCUT2D eigenvalue weighted by Gasteiger charge is 2.24. The lowest BCUT2D eigenvalue weighted by atomic mass is 10.2. The molecular formula is C16H22Cl2N4O3. The molecule has 0 fully saturated rings. The molecule has 1 rings (SSSR count). The minimum atomic E-state index is -0.667. The van der Waals surface area contributed by atoms with Gasteiger partial charge < -0.3 is 10.6 Å². The van der Waals surface area contributed by atoms with Crippen LogP contribution in [0.2, 0.25) is 10.0 Å². The third kappa shape index (κ3) is 6.53. The molecule has 138 valence electrons. The van der Waals surface area contributed by atoms with E-state index in [4.69, 9.17) is 23.2 Å². The Morgan fingerprint density at radius 2 is 1.76 bits per heavy atom. The number of nitrogens with one attached hydrogen (secondary N) is 3. The quantitative estimate of drug-likeness (QED) is 0.668. The molecule has 0 spiro atoms. The molecule has 1 atom stereocenters. The van der Waals surface area contributed by atoms with E-state index in [0.29, 0.717) is 28.8 Å². The summed E-state index contributed by atoms with van der Waals surface area (Å²) in [6, 6.07) is 3.67. The summed E-state index contributed by atoms with van der Waals surface area (Å²) >= 11 is 12.0. The molecule has 0 heterocycles. The summed E-state index contributed by atoms with van der Waals surface area (Å²) in [5.41, 5.74) is 0.325. The van der Waals surface area contributed by atoms with E-state index in [0.717, 1.165) is 0 Å². The first-order chi connectivity index (χ1) is 11.8. The van der Waals surface area contributed by atoms with Crippen LogP contribution >= 0.6 is 23.2 Å². The normalized spacial score (nSPS) is 11.8. The zero-order chi connectivity index (χ0) is 19.0. The lowest BCUT2D eigenvalue weighted by Crippen LogP contribution is -2.51. The van der Waals surface area contributed by atoms with Gasteiger partial charge in [-0.1, -0.05) is 36.2 Å². The van der Waals surface area contributed by atoms with E-state index >= 15 is 0 Å². The van der Waals surface area contributed by atoms with E-state index in [1.54, 1.807) is 36.9 Å². The van der Waals surface area contributed by atoms with Crippen molar-refractivity contribution in [1.29, 1.82) is 0 Å². The van der Waals surface area contributed by atoms with Gasteiger partial charge in [0.05, 0.1) is 28.3 Å². The van der Waals surface area contributed by atoms with Crippen molar-refractivity contribution >= 4 is 46.7 Å². The molecule has 0 saturated carbocycles. The molecule has 4 amide bonds. The van der Waals surface area contributed by atoms with Gasteiger partial charge in [-0.2, -0.15) is 0 Å². The number of benzene rings is 1. The first kappa shape index (κ1) is 21.2.